The van der Waals surface area contributed by atoms with Gasteiger partial charge in [-0.3, -0.25) is 9.78 Å². The molecule has 32 heavy (non-hydrogen) atoms. The molecule has 0 spiro atoms. The minimum atomic E-state index is -0.392. The zero-order valence-corrected chi connectivity index (χ0v) is 17.5. The van der Waals surface area contributed by atoms with Crippen molar-refractivity contribution in [1.82, 2.24) is 15.3 Å². The second kappa shape index (κ2) is 8.39. The third-order valence-electron chi connectivity index (χ3n) is 5.48. The van der Waals surface area contributed by atoms with E-state index in [1.807, 2.05) is 30.0 Å². The zero-order valence-electron chi connectivity index (χ0n) is 17.5. The van der Waals surface area contributed by atoms with Gasteiger partial charge in [-0.15, -0.1) is 0 Å². The van der Waals surface area contributed by atoms with Gasteiger partial charge in [0, 0.05) is 42.4 Å². The quantitative estimate of drug-likeness (QED) is 0.676. The number of amides is 1. The molecule has 0 unspecified atom stereocenters. The number of morpholine rings is 1. The van der Waals surface area contributed by atoms with Crippen molar-refractivity contribution in [1.29, 1.82) is 0 Å². The van der Waals surface area contributed by atoms with Crippen LogP contribution in [0.2, 0.25) is 0 Å². The highest BCUT2D eigenvalue weighted by molar-refractivity contribution is 6.05. The number of aryl methyl sites for hydroxylation is 1. The third-order valence-corrected chi connectivity index (χ3v) is 5.48. The van der Waals surface area contributed by atoms with Crippen LogP contribution in [-0.2, 0) is 4.74 Å². The van der Waals surface area contributed by atoms with Gasteiger partial charge in [-0.2, -0.15) is 0 Å². The van der Waals surface area contributed by atoms with Gasteiger partial charge in [0.15, 0.2) is 0 Å². The molecule has 0 bridgehead atoms. The average Bonchev–Trinajstić information content (AvgIpc) is 2.80. The number of nitrogens with one attached hydrogen (secondary N) is 1. The molecule has 0 atom stereocenters. The molecule has 161 valence electrons. The van der Waals surface area contributed by atoms with Gasteiger partial charge in [-0.1, -0.05) is 0 Å². The molecule has 0 saturated carbocycles. The van der Waals surface area contributed by atoms with E-state index in [0.717, 1.165) is 11.3 Å². The fourth-order valence-corrected chi connectivity index (χ4v) is 3.81. The number of hydrogen-bond acceptors (Lipinski definition) is 6. The number of benzene rings is 1. The van der Waals surface area contributed by atoms with Crippen molar-refractivity contribution < 1.29 is 13.9 Å². The Balaban J connectivity index is 1.52. The lowest BCUT2D eigenvalue weighted by Gasteiger charge is -2.29. The minimum Gasteiger partial charge on any atom is -0.378 e. The summed E-state index contributed by atoms with van der Waals surface area (Å²) in [6.07, 6.45) is 4.97. The summed E-state index contributed by atoms with van der Waals surface area (Å²) in [5.74, 6) is -0.410. The number of fused-ring (bicyclic) bond motifs is 1. The summed E-state index contributed by atoms with van der Waals surface area (Å²) in [6.45, 7) is 4.36. The van der Waals surface area contributed by atoms with Crippen LogP contribution in [0.15, 0.2) is 48.8 Å². The predicted octanol–water partition coefficient (Wildman–Crippen LogP) is 3.90. The summed E-state index contributed by atoms with van der Waals surface area (Å²) in [5.41, 5.74) is 4.45. The molecular weight excluding hydrogens is 409 g/mol. The first-order chi connectivity index (χ1) is 15.6. The molecule has 2 aliphatic heterocycles. The molecule has 4 heterocycles. The third kappa shape index (κ3) is 3.92. The van der Waals surface area contributed by atoms with Crippen LogP contribution in [0.5, 0.6) is 0 Å². The number of anilines is 3. The van der Waals surface area contributed by atoms with Crippen LogP contribution in [0, 0.1) is 12.7 Å². The van der Waals surface area contributed by atoms with E-state index in [2.05, 4.69) is 20.6 Å². The van der Waals surface area contributed by atoms with Crippen molar-refractivity contribution in [3.63, 3.8) is 0 Å². The van der Waals surface area contributed by atoms with Crippen LogP contribution in [0.1, 0.15) is 21.6 Å². The monoisotopic (exact) mass is 430 g/mol. The molecule has 1 saturated heterocycles. The number of carbonyl (C=O) groups is 1. The maximum atomic E-state index is 14.9. The molecule has 8 heteroatoms. The van der Waals surface area contributed by atoms with E-state index in [4.69, 9.17) is 4.74 Å². The van der Waals surface area contributed by atoms with E-state index in [0.29, 0.717) is 60.3 Å². The van der Waals surface area contributed by atoms with Crippen LogP contribution in [0.3, 0.4) is 0 Å². The normalized spacial score (nSPS) is 15.3. The number of aromatic nitrogens is 2. The number of nitrogens with zero attached hydrogens (tertiary/aromatic N) is 4. The van der Waals surface area contributed by atoms with Crippen LogP contribution in [-0.4, -0.2) is 42.2 Å². The SMILES string of the molecule is Cc1ccc(-c2cc3c(c(Nc4ccc(N5CCOCC5)c(F)c4)n2)C(=O)[N]C=C3)cn1. The first-order valence-electron chi connectivity index (χ1n) is 10.4. The zero-order chi connectivity index (χ0) is 22.1. The maximum Gasteiger partial charge on any atom is 0.281 e. The molecule has 3 aromatic rings. The van der Waals surface area contributed by atoms with Crippen molar-refractivity contribution >= 4 is 29.2 Å². The second-order valence-corrected chi connectivity index (χ2v) is 7.65. The van der Waals surface area contributed by atoms with E-state index < -0.39 is 5.91 Å². The molecule has 0 aliphatic carbocycles. The van der Waals surface area contributed by atoms with E-state index >= 15 is 0 Å². The fourth-order valence-electron chi connectivity index (χ4n) is 3.81. The van der Waals surface area contributed by atoms with Crippen molar-refractivity contribution in [2.75, 3.05) is 36.5 Å². The van der Waals surface area contributed by atoms with E-state index in [-0.39, 0.29) is 5.82 Å². The Labute approximate surface area is 185 Å². The molecule has 1 aromatic carbocycles. The van der Waals surface area contributed by atoms with Crippen LogP contribution in [0.25, 0.3) is 17.3 Å². The predicted molar refractivity (Wildman–Crippen MR) is 120 cm³/mol. The number of pyridine rings is 2. The Hall–Kier alpha value is -3.78. The van der Waals surface area contributed by atoms with E-state index in [1.165, 1.54) is 12.3 Å². The fraction of sp³-hybridized carbons (Fsp3) is 0.208. The summed E-state index contributed by atoms with van der Waals surface area (Å²) in [6, 6.07) is 10.6. The number of rotatable bonds is 4. The summed E-state index contributed by atoms with van der Waals surface area (Å²) < 4.78 is 20.2. The van der Waals surface area contributed by atoms with Gasteiger partial charge in [0.25, 0.3) is 5.91 Å². The first kappa shape index (κ1) is 20.1. The molecule has 1 fully saturated rings. The van der Waals surface area contributed by atoms with Crippen molar-refractivity contribution in [3.8, 4) is 11.3 Å². The molecular formula is C24H21FN5O2. The highest BCUT2D eigenvalue weighted by atomic mass is 19.1. The van der Waals surface area contributed by atoms with Gasteiger partial charge >= 0.3 is 0 Å². The molecule has 1 N–H and O–H groups in total. The second-order valence-electron chi connectivity index (χ2n) is 7.65. The largest absolute Gasteiger partial charge is 0.378 e. The molecule has 1 radical (unpaired) electrons. The van der Waals surface area contributed by atoms with Crippen LogP contribution < -0.4 is 15.5 Å². The lowest BCUT2D eigenvalue weighted by Crippen LogP contribution is -2.36. The topological polar surface area (TPSA) is 81.5 Å². The summed E-state index contributed by atoms with van der Waals surface area (Å²) >= 11 is 0. The van der Waals surface area contributed by atoms with Crippen LogP contribution in [0.4, 0.5) is 21.6 Å². The Morgan fingerprint density at radius 2 is 1.97 bits per heavy atom. The van der Waals surface area contributed by atoms with E-state index in [1.54, 1.807) is 24.4 Å². The summed E-state index contributed by atoms with van der Waals surface area (Å²) in [5, 5.41) is 7.00. The van der Waals surface area contributed by atoms with Gasteiger partial charge in [0.2, 0.25) is 0 Å². The number of ether oxygens (including phenoxy) is 1. The van der Waals surface area contributed by atoms with E-state index in [9.17, 15) is 9.18 Å². The summed E-state index contributed by atoms with van der Waals surface area (Å²) in [4.78, 5) is 23.5. The first-order valence-corrected chi connectivity index (χ1v) is 10.4. The minimum absolute atomic E-state index is 0.328. The Bertz CT molecular complexity index is 1200. The lowest BCUT2D eigenvalue weighted by molar-refractivity contribution is 0.0965. The Kier molecular flexibility index (Phi) is 5.28. The Morgan fingerprint density at radius 1 is 1.12 bits per heavy atom. The van der Waals surface area contributed by atoms with Crippen LogP contribution >= 0.6 is 0 Å². The summed E-state index contributed by atoms with van der Waals surface area (Å²) in [7, 11) is 0. The number of carbonyl (C=O) groups excluding carboxylic acids is 1. The molecule has 2 aliphatic rings. The van der Waals surface area contributed by atoms with Gasteiger partial charge in [0.05, 0.1) is 30.2 Å². The Morgan fingerprint density at radius 3 is 2.72 bits per heavy atom. The van der Waals surface area contributed by atoms with Crippen molar-refractivity contribution in [3.05, 3.63) is 71.4 Å². The van der Waals surface area contributed by atoms with Gasteiger partial charge < -0.3 is 15.0 Å². The number of halogens is 1. The average molecular weight is 430 g/mol. The van der Waals surface area contributed by atoms with Crippen molar-refractivity contribution in [2.24, 2.45) is 0 Å². The highest BCUT2D eigenvalue weighted by Crippen LogP contribution is 2.31. The molecule has 7 nitrogen and oxygen atoms in total. The molecule has 1 amide bonds. The highest BCUT2D eigenvalue weighted by Gasteiger charge is 2.23. The van der Waals surface area contributed by atoms with Gasteiger partial charge in [-0.05, 0) is 55.0 Å². The maximum absolute atomic E-state index is 14.9. The van der Waals surface area contributed by atoms with Gasteiger partial charge in [-0.25, -0.2) is 14.7 Å². The standard InChI is InChI=1S/C24H21FN5O2/c1-15-2-3-17(14-27-15)20-12-16-6-7-26-24(31)22(16)23(29-20)28-18-4-5-21(19(25)13-18)30-8-10-32-11-9-30/h2-7,12-14H,8-11H2,1H3,(H,28,29). The van der Waals surface area contributed by atoms with Gasteiger partial charge in [0.1, 0.15) is 11.6 Å². The molecule has 5 rings (SSSR count). The smallest absolute Gasteiger partial charge is 0.281 e. The lowest BCUT2D eigenvalue weighted by atomic mass is 10.0. The van der Waals surface area contributed by atoms with Crippen molar-refractivity contribution in [2.45, 2.75) is 6.92 Å². The molecule has 2 aromatic heterocycles. The number of hydrogen-bond donors (Lipinski definition) is 1.